The van der Waals surface area contributed by atoms with Gasteiger partial charge in [0.25, 0.3) is 0 Å². The molecule has 0 radical (unpaired) electrons. The van der Waals surface area contributed by atoms with Gasteiger partial charge >= 0.3 is 0 Å². The summed E-state index contributed by atoms with van der Waals surface area (Å²) in [5.74, 6) is 0.929. The molecule has 1 heterocycles. The number of aromatic nitrogens is 3. The smallest absolute Gasteiger partial charge is 0.242 e. The van der Waals surface area contributed by atoms with Crippen molar-refractivity contribution in [2.45, 2.75) is 45.4 Å². The van der Waals surface area contributed by atoms with E-state index in [2.05, 4.69) is 29.0 Å². The second-order valence-electron chi connectivity index (χ2n) is 3.71. The van der Waals surface area contributed by atoms with Gasteiger partial charge in [-0.1, -0.05) is 26.7 Å². The second kappa shape index (κ2) is 5.48. The Balaban J connectivity index is 2.89. The Morgan fingerprint density at radius 3 is 2.13 bits per heavy atom. The molecule has 1 rings (SSSR count). The zero-order valence-corrected chi connectivity index (χ0v) is 9.40. The number of hydrogen-bond acceptors (Lipinski definition) is 5. The number of nitrogen functional groups attached to an aromatic ring is 2. The van der Waals surface area contributed by atoms with E-state index < -0.39 is 0 Å². The predicted octanol–water partition coefficient (Wildman–Crippen LogP) is 1.72. The minimum atomic E-state index is 0.142. The highest BCUT2D eigenvalue weighted by atomic mass is 15.2. The average molecular weight is 209 g/mol. The van der Waals surface area contributed by atoms with Gasteiger partial charge < -0.3 is 11.5 Å². The molecule has 0 saturated heterocycles. The van der Waals surface area contributed by atoms with Crippen LogP contribution < -0.4 is 11.5 Å². The Kier molecular flexibility index (Phi) is 4.27. The van der Waals surface area contributed by atoms with Crippen molar-refractivity contribution in [3.8, 4) is 0 Å². The summed E-state index contributed by atoms with van der Waals surface area (Å²) in [5.41, 5.74) is 12.0. The van der Waals surface area contributed by atoms with E-state index in [0.717, 1.165) is 31.4 Å². The van der Waals surface area contributed by atoms with E-state index in [-0.39, 0.29) is 5.95 Å². The summed E-state index contributed by atoms with van der Waals surface area (Å²) in [4.78, 5) is 3.94. The number of rotatable bonds is 5. The van der Waals surface area contributed by atoms with E-state index in [0.29, 0.717) is 11.7 Å². The maximum Gasteiger partial charge on any atom is 0.242 e. The topological polar surface area (TPSA) is 90.7 Å². The van der Waals surface area contributed by atoms with Gasteiger partial charge in [0.15, 0.2) is 5.82 Å². The second-order valence-corrected chi connectivity index (χ2v) is 3.71. The molecule has 5 nitrogen and oxygen atoms in total. The van der Waals surface area contributed by atoms with Gasteiger partial charge in [0, 0.05) is 5.92 Å². The monoisotopic (exact) mass is 209 g/mol. The van der Waals surface area contributed by atoms with Gasteiger partial charge in [0.05, 0.1) is 0 Å². The summed E-state index contributed by atoms with van der Waals surface area (Å²) >= 11 is 0. The van der Waals surface area contributed by atoms with E-state index >= 15 is 0 Å². The molecular weight excluding hydrogens is 190 g/mol. The largest absolute Gasteiger partial charge is 0.382 e. The first-order chi connectivity index (χ1) is 7.19. The summed E-state index contributed by atoms with van der Waals surface area (Å²) in [5, 5.41) is 7.81. The van der Waals surface area contributed by atoms with E-state index in [4.69, 9.17) is 11.5 Å². The molecule has 0 aromatic carbocycles. The highest BCUT2D eigenvalue weighted by molar-refractivity contribution is 5.39. The highest BCUT2D eigenvalue weighted by Crippen LogP contribution is 2.27. The zero-order valence-electron chi connectivity index (χ0n) is 9.40. The van der Waals surface area contributed by atoms with Crippen molar-refractivity contribution < 1.29 is 0 Å². The molecule has 0 atom stereocenters. The lowest BCUT2D eigenvalue weighted by Gasteiger charge is -2.14. The van der Waals surface area contributed by atoms with Crippen LogP contribution in [0.1, 0.15) is 51.1 Å². The summed E-state index contributed by atoms with van der Waals surface area (Å²) < 4.78 is 0. The lowest BCUT2D eigenvalue weighted by Crippen LogP contribution is -2.11. The molecule has 4 N–H and O–H groups in total. The minimum absolute atomic E-state index is 0.142. The standard InChI is InChI=1S/C10H19N5/c1-3-5-7(6-4-2)8-9(11)13-10(12)15-14-8/h7H,3-6H2,1-2H3,(H4,11,12,13,15). The van der Waals surface area contributed by atoms with Crippen molar-refractivity contribution in [3.63, 3.8) is 0 Å². The molecular formula is C10H19N5. The quantitative estimate of drug-likeness (QED) is 0.770. The van der Waals surface area contributed by atoms with Crippen molar-refractivity contribution in [3.05, 3.63) is 5.69 Å². The van der Waals surface area contributed by atoms with Gasteiger partial charge in [-0.05, 0) is 12.8 Å². The molecule has 0 saturated carbocycles. The van der Waals surface area contributed by atoms with Crippen LogP contribution in [0, 0.1) is 0 Å². The summed E-state index contributed by atoms with van der Waals surface area (Å²) in [7, 11) is 0. The Bertz CT molecular complexity index is 307. The fraction of sp³-hybridized carbons (Fsp3) is 0.700. The molecule has 0 amide bonds. The fourth-order valence-electron chi connectivity index (χ4n) is 1.76. The molecule has 0 spiro atoms. The van der Waals surface area contributed by atoms with Crippen LogP contribution in [-0.4, -0.2) is 15.2 Å². The molecule has 1 aromatic rings. The van der Waals surface area contributed by atoms with E-state index in [1.807, 2.05) is 0 Å². The Hall–Kier alpha value is -1.39. The van der Waals surface area contributed by atoms with Crippen molar-refractivity contribution in [1.82, 2.24) is 15.2 Å². The van der Waals surface area contributed by atoms with Crippen LogP contribution >= 0.6 is 0 Å². The van der Waals surface area contributed by atoms with Crippen molar-refractivity contribution in [2.24, 2.45) is 0 Å². The summed E-state index contributed by atoms with van der Waals surface area (Å²) in [6.07, 6.45) is 4.35. The summed E-state index contributed by atoms with van der Waals surface area (Å²) in [6.45, 7) is 4.30. The molecule has 0 aliphatic rings. The summed E-state index contributed by atoms with van der Waals surface area (Å²) in [6, 6.07) is 0. The molecule has 0 aliphatic carbocycles. The zero-order chi connectivity index (χ0) is 11.3. The first kappa shape index (κ1) is 11.7. The van der Waals surface area contributed by atoms with E-state index in [9.17, 15) is 0 Å². The van der Waals surface area contributed by atoms with Gasteiger partial charge in [0.2, 0.25) is 5.95 Å². The molecule has 1 aromatic heterocycles. The van der Waals surface area contributed by atoms with Crippen molar-refractivity contribution in [1.29, 1.82) is 0 Å². The highest BCUT2D eigenvalue weighted by Gasteiger charge is 2.16. The minimum Gasteiger partial charge on any atom is -0.382 e. The Morgan fingerprint density at radius 2 is 1.67 bits per heavy atom. The van der Waals surface area contributed by atoms with Gasteiger partial charge in [-0.2, -0.15) is 4.98 Å². The van der Waals surface area contributed by atoms with Crippen LogP contribution in [0.5, 0.6) is 0 Å². The number of nitrogens with two attached hydrogens (primary N) is 2. The molecule has 0 aliphatic heterocycles. The first-order valence-corrected chi connectivity index (χ1v) is 5.44. The van der Waals surface area contributed by atoms with E-state index in [1.165, 1.54) is 0 Å². The normalized spacial score (nSPS) is 10.9. The molecule has 15 heavy (non-hydrogen) atoms. The van der Waals surface area contributed by atoms with Gasteiger partial charge in [-0.25, -0.2) is 0 Å². The Labute approximate surface area is 90.3 Å². The van der Waals surface area contributed by atoms with Crippen LogP contribution in [0.3, 0.4) is 0 Å². The van der Waals surface area contributed by atoms with Crippen molar-refractivity contribution in [2.75, 3.05) is 11.5 Å². The molecule has 0 fully saturated rings. The SMILES string of the molecule is CCCC(CCC)c1nnc(N)nc1N. The maximum absolute atomic E-state index is 5.79. The van der Waals surface area contributed by atoms with Crippen LogP contribution in [0.4, 0.5) is 11.8 Å². The lowest BCUT2D eigenvalue weighted by atomic mass is 9.95. The number of nitrogens with zero attached hydrogens (tertiary/aromatic N) is 3. The molecule has 0 unspecified atom stereocenters. The number of hydrogen-bond donors (Lipinski definition) is 2. The fourth-order valence-corrected chi connectivity index (χ4v) is 1.76. The predicted molar refractivity (Wildman–Crippen MR) is 61.2 cm³/mol. The van der Waals surface area contributed by atoms with Crippen LogP contribution in [-0.2, 0) is 0 Å². The first-order valence-electron chi connectivity index (χ1n) is 5.44. The van der Waals surface area contributed by atoms with Crippen molar-refractivity contribution >= 4 is 11.8 Å². The average Bonchev–Trinajstić information content (AvgIpc) is 2.17. The Morgan fingerprint density at radius 1 is 1.07 bits per heavy atom. The number of anilines is 2. The van der Waals surface area contributed by atoms with Gasteiger partial charge in [0.1, 0.15) is 5.69 Å². The van der Waals surface area contributed by atoms with Crippen LogP contribution in [0.2, 0.25) is 0 Å². The molecule has 84 valence electrons. The maximum atomic E-state index is 5.79. The van der Waals surface area contributed by atoms with Crippen LogP contribution in [0.15, 0.2) is 0 Å². The third-order valence-electron chi connectivity index (χ3n) is 2.42. The van der Waals surface area contributed by atoms with E-state index in [1.54, 1.807) is 0 Å². The van der Waals surface area contributed by atoms with Crippen LogP contribution in [0.25, 0.3) is 0 Å². The van der Waals surface area contributed by atoms with Gasteiger partial charge in [-0.3, -0.25) is 0 Å². The molecule has 0 bridgehead atoms. The molecule has 5 heteroatoms. The van der Waals surface area contributed by atoms with Gasteiger partial charge in [-0.15, -0.1) is 10.2 Å². The third kappa shape index (κ3) is 3.04. The third-order valence-corrected chi connectivity index (χ3v) is 2.42. The lowest BCUT2D eigenvalue weighted by molar-refractivity contribution is 0.542.